The van der Waals surface area contributed by atoms with E-state index in [2.05, 4.69) is 10.6 Å². The van der Waals surface area contributed by atoms with E-state index in [1.165, 1.54) is 0 Å². The average Bonchev–Trinajstić information content (AvgIpc) is 3.39. The Morgan fingerprint density at radius 3 is 2.67 bits per heavy atom. The van der Waals surface area contributed by atoms with E-state index >= 15 is 0 Å². The molecule has 0 radical (unpaired) electrons. The third-order valence-electron chi connectivity index (χ3n) is 3.82. The van der Waals surface area contributed by atoms with Crippen LogP contribution in [0.5, 0.6) is 5.75 Å². The monoisotopic (exact) mass is 324 g/mol. The maximum absolute atomic E-state index is 12.2. The Hall–Kier alpha value is -2.82. The molecule has 2 aromatic carbocycles. The first kappa shape index (κ1) is 16.1. The summed E-state index contributed by atoms with van der Waals surface area (Å²) in [7, 11) is 1.59. The SMILES string of the molecule is COc1cccc(CC(=O)Nc2cccc(C(=O)NC3CC3)c2)c1. The molecule has 2 amide bonds. The molecule has 1 saturated carbocycles. The quantitative estimate of drug-likeness (QED) is 0.858. The second-order valence-electron chi connectivity index (χ2n) is 5.91. The van der Waals surface area contributed by atoms with Gasteiger partial charge in [0.15, 0.2) is 0 Å². The predicted octanol–water partition coefficient (Wildman–Crippen LogP) is 2.77. The van der Waals surface area contributed by atoms with Gasteiger partial charge in [-0.25, -0.2) is 0 Å². The number of hydrogen-bond acceptors (Lipinski definition) is 3. The first-order valence-corrected chi connectivity index (χ1v) is 7.98. The van der Waals surface area contributed by atoms with Crippen molar-refractivity contribution in [3.8, 4) is 5.75 Å². The number of amides is 2. The first-order chi connectivity index (χ1) is 11.6. The van der Waals surface area contributed by atoms with Gasteiger partial charge in [0.2, 0.25) is 5.91 Å². The summed E-state index contributed by atoms with van der Waals surface area (Å²) in [6.07, 6.45) is 2.33. The van der Waals surface area contributed by atoms with Gasteiger partial charge >= 0.3 is 0 Å². The second kappa shape index (κ2) is 7.17. The molecular weight excluding hydrogens is 304 g/mol. The molecule has 0 heterocycles. The van der Waals surface area contributed by atoms with Gasteiger partial charge in [-0.2, -0.15) is 0 Å². The highest BCUT2D eigenvalue weighted by Gasteiger charge is 2.23. The fourth-order valence-corrected chi connectivity index (χ4v) is 2.41. The molecule has 0 aromatic heterocycles. The van der Waals surface area contributed by atoms with E-state index in [1.54, 1.807) is 31.4 Å². The van der Waals surface area contributed by atoms with Crippen molar-refractivity contribution in [3.05, 3.63) is 59.7 Å². The summed E-state index contributed by atoms with van der Waals surface area (Å²) in [5.74, 6) is 0.489. The zero-order valence-corrected chi connectivity index (χ0v) is 13.5. The van der Waals surface area contributed by atoms with Gasteiger partial charge in [-0.3, -0.25) is 9.59 Å². The first-order valence-electron chi connectivity index (χ1n) is 7.98. The lowest BCUT2D eigenvalue weighted by Gasteiger charge is -2.08. The molecule has 0 unspecified atom stereocenters. The van der Waals surface area contributed by atoms with E-state index < -0.39 is 0 Å². The van der Waals surface area contributed by atoms with E-state index in [4.69, 9.17) is 4.74 Å². The maximum Gasteiger partial charge on any atom is 0.251 e. The largest absolute Gasteiger partial charge is 0.497 e. The summed E-state index contributed by atoms with van der Waals surface area (Å²) in [5.41, 5.74) is 2.04. The third-order valence-corrected chi connectivity index (χ3v) is 3.82. The van der Waals surface area contributed by atoms with Crippen LogP contribution in [0.25, 0.3) is 0 Å². The Morgan fingerprint density at radius 1 is 1.12 bits per heavy atom. The van der Waals surface area contributed by atoms with Gasteiger partial charge in [0.25, 0.3) is 5.91 Å². The van der Waals surface area contributed by atoms with Gasteiger partial charge in [-0.1, -0.05) is 18.2 Å². The molecule has 1 fully saturated rings. The number of benzene rings is 2. The summed E-state index contributed by atoms with van der Waals surface area (Å²) in [6.45, 7) is 0. The fourth-order valence-electron chi connectivity index (χ4n) is 2.41. The Kier molecular flexibility index (Phi) is 4.79. The third kappa shape index (κ3) is 4.35. The Balaban J connectivity index is 1.62. The molecule has 1 aliphatic rings. The normalized spacial score (nSPS) is 13.2. The molecule has 2 aromatic rings. The van der Waals surface area contributed by atoms with Crippen LogP contribution in [-0.4, -0.2) is 25.0 Å². The van der Waals surface area contributed by atoms with Crippen molar-refractivity contribution in [2.45, 2.75) is 25.3 Å². The number of rotatable bonds is 6. The Bertz CT molecular complexity index is 754. The lowest BCUT2D eigenvalue weighted by atomic mass is 10.1. The lowest BCUT2D eigenvalue weighted by Crippen LogP contribution is -2.25. The summed E-state index contributed by atoms with van der Waals surface area (Å²) in [6, 6.07) is 14.7. The number of methoxy groups -OCH3 is 1. The zero-order valence-electron chi connectivity index (χ0n) is 13.5. The molecule has 124 valence electrons. The van der Waals surface area contributed by atoms with Crippen LogP contribution in [0.3, 0.4) is 0 Å². The van der Waals surface area contributed by atoms with Crippen LogP contribution in [0.4, 0.5) is 5.69 Å². The smallest absolute Gasteiger partial charge is 0.251 e. The number of carbonyl (C=O) groups is 2. The van der Waals surface area contributed by atoms with Crippen molar-refractivity contribution in [2.24, 2.45) is 0 Å². The van der Waals surface area contributed by atoms with Crippen LogP contribution in [0.1, 0.15) is 28.8 Å². The lowest BCUT2D eigenvalue weighted by molar-refractivity contribution is -0.115. The van der Waals surface area contributed by atoms with Crippen LogP contribution in [0.2, 0.25) is 0 Å². The molecule has 0 bridgehead atoms. The van der Waals surface area contributed by atoms with Crippen LogP contribution in [0.15, 0.2) is 48.5 Å². The molecule has 3 rings (SSSR count). The minimum Gasteiger partial charge on any atom is -0.497 e. The van der Waals surface area contributed by atoms with Gasteiger partial charge in [-0.05, 0) is 48.7 Å². The molecule has 0 spiro atoms. The van der Waals surface area contributed by atoms with Crippen molar-refractivity contribution in [1.29, 1.82) is 0 Å². The molecule has 2 N–H and O–H groups in total. The zero-order chi connectivity index (χ0) is 16.9. The molecule has 0 saturated heterocycles. The summed E-state index contributed by atoms with van der Waals surface area (Å²) in [4.78, 5) is 24.3. The van der Waals surface area contributed by atoms with Gasteiger partial charge in [0.1, 0.15) is 5.75 Å². The van der Waals surface area contributed by atoms with Gasteiger partial charge in [0, 0.05) is 17.3 Å². The van der Waals surface area contributed by atoms with E-state index in [-0.39, 0.29) is 18.2 Å². The highest BCUT2D eigenvalue weighted by Crippen LogP contribution is 2.20. The minimum absolute atomic E-state index is 0.0959. The van der Waals surface area contributed by atoms with Crippen LogP contribution in [-0.2, 0) is 11.2 Å². The van der Waals surface area contributed by atoms with E-state index in [0.717, 1.165) is 24.2 Å². The average molecular weight is 324 g/mol. The fraction of sp³-hybridized carbons (Fsp3) is 0.263. The molecule has 0 atom stereocenters. The van der Waals surface area contributed by atoms with Crippen LogP contribution in [0, 0.1) is 0 Å². The van der Waals surface area contributed by atoms with Gasteiger partial charge in [0.05, 0.1) is 13.5 Å². The number of carbonyl (C=O) groups excluding carboxylic acids is 2. The number of nitrogens with one attached hydrogen (secondary N) is 2. The summed E-state index contributed by atoms with van der Waals surface area (Å²) >= 11 is 0. The Labute approximate surface area is 141 Å². The number of hydrogen-bond donors (Lipinski definition) is 2. The molecule has 0 aliphatic heterocycles. The highest BCUT2D eigenvalue weighted by molar-refractivity contribution is 5.97. The Morgan fingerprint density at radius 2 is 1.92 bits per heavy atom. The van der Waals surface area contributed by atoms with Gasteiger partial charge < -0.3 is 15.4 Å². The molecule has 5 nitrogen and oxygen atoms in total. The van der Waals surface area contributed by atoms with Crippen LogP contribution >= 0.6 is 0 Å². The van der Waals surface area contributed by atoms with Crippen molar-refractivity contribution in [3.63, 3.8) is 0 Å². The van der Waals surface area contributed by atoms with Crippen molar-refractivity contribution >= 4 is 17.5 Å². The van der Waals surface area contributed by atoms with E-state index in [9.17, 15) is 9.59 Å². The van der Waals surface area contributed by atoms with Crippen LogP contribution < -0.4 is 15.4 Å². The minimum atomic E-state index is -0.136. The van der Waals surface area contributed by atoms with E-state index in [0.29, 0.717) is 17.3 Å². The predicted molar refractivity (Wildman–Crippen MR) is 92.3 cm³/mol. The number of anilines is 1. The molecule has 24 heavy (non-hydrogen) atoms. The topological polar surface area (TPSA) is 67.4 Å². The van der Waals surface area contributed by atoms with E-state index in [1.807, 2.05) is 24.3 Å². The molecule has 1 aliphatic carbocycles. The van der Waals surface area contributed by atoms with Crippen molar-refractivity contribution < 1.29 is 14.3 Å². The van der Waals surface area contributed by atoms with Crippen molar-refractivity contribution in [1.82, 2.24) is 5.32 Å². The molecule has 5 heteroatoms. The maximum atomic E-state index is 12.2. The number of ether oxygens (including phenoxy) is 1. The van der Waals surface area contributed by atoms with Gasteiger partial charge in [-0.15, -0.1) is 0 Å². The second-order valence-corrected chi connectivity index (χ2v) is 5.91. The molecular formula is C19H20N2O3. The summed E-state index contributed by atoms with van der Waals surface area (Å²) in [5, 5.41) is 5.77. The summed E-state index contributed by atoms with van der Waals surface area (Å²) < 4.78 is 5.16. The highest BCUT2D eigenvalue weighted by atomic mass is 16.5. The standard InChI is InChI=1S/C19H20N2O3/c1-24-17-7-2-4-13(10-17)11-18(22)20-16-6-3-5-14(12-16)19(23)21-15-8-9-15/h2-7,10,12,15H,8-9,11H2,1H3,(H,20,22)(H,21,23). The van der Waals surface area contributed by atoms with Crippen molar-refractivity contribution in [2.75, 3.05) is 12.4 Å².